The van der Waals surface area contributed by atoms with Crippen molar-refractivity contribution in [2.24, 2.45) is 0 Å². The lowest BCUT2D eigenvalue weighted by Crippen LogP contribution is -2.39. The van der Waals surface area contributed by atoms with E-state index in [9.17, 15) is 4.79 Å². The molecule has 88 valence electrons. The third kappa shape index (κ3) is 3.49. The molecule has 0 atom stereocenters. The minimum Gasteiger partial charge on any atom is -0.332 e. The maximum absolute atomic E-state index is 11.6. The van der Waals surface area contributed by atoms with E-state index in [4.69, 9.17) is 0 Å². The molecule has 5 heteroatoms. The molecule has 1 N–H and O–H groups in total. The Morgan fingerprint density at radius 2 is 2.12 bits per heavy atom. The van der Waals surface area contributed by atoms with Crippen molar-refractivity contribution in [3.8, 4) is 0 Å². The summed E-state index contributed by atoms with van der Waals surface area (Å²) >= 11 is 0. The van der Waals surface area contributed by atoms with Crippen molar-refractivity contribution in [2.45, 2.75) is 27.3 Å². The average molecular weight is 222 g/mol. The van der Waals surface area contributed by atoms with Crippen LogP contribution in [0.25, 0.3) is 0 Å². The van der Waals surface area contributed by atoms with Crippen molar-refractivity contribution in [2.75, 3.05) is 13.1 Å². The zero-order valence-electron chi connectivity index (χ0n) is 10.0. The molecule has 0 unspecified atom stereocenters. The van der Waals surface area contributed by atoms with E-state index >= 15 is 0 Å². The van der Waals surface area contributed by atoms with Crippen molar-refractivity contribution in [3.63, 3.8) is 0 Å². The highest BCUT2D eigenvalue weighted by molar-refractivity contribution is 5.73. The van der Waals surface area contributed by atoms with Gasteiger partial charge in [0, 0.05) is 19.3 Å². The summed E-state index contributed by atoms with van der Waals surface area (Å²) in [7, 11) is 0. The third-order valence-electron chi connectivity index (χ3n) is 2.31. The molecule has 0 radical (unpaired) electrons. The van der Waals surface area contributed by atoms with Gasteiger partial charge in [0.15, 0.2) is 0 Å². The number of carbonyl (C=O) groups excluding carboxylic acids is 1. The summed E-state index contributed by atoms with van der Waals surface area (Å²) in [6.07, 6.45) is 1.70. The molecule has 0 spiro atoms. The van der Waals surface area contributed by atoms with Crippen LogP contribution < -0.4 is 5.32 Å². The van der Waals surface area contributed by atoms with Gasteiger partial charge < -0.3 is 10.2 Å². The van der Waals surface area contributed by atoms with Gasteiger partial charge in [-0.2, -0.15) is 0 Å². The van der Waals surface area contributed by atoms with Crippen molar-refractivity contribution >= 4 is 6.03 Å². The molecule has 0 fully saturated rings. The molecule has 0 aliphatic carbocycles. The smallest absolute Gasteiger partial charge is 0.317 e. The number of hydrogen-bond acceptors (Lipinski definition) is 3. The van der Waals surface area contributed by atoms with Crippen molar-refractivity contribution in [1.29, 1.82) is 0 Å². The maximum atomic E-state index is 11.6. The van der Waals surface area contributed by atoms with E-state index in [1.165, 1.54) is 0 Å². The van der Waals surface area contributed by atoms with Crippen LogP contribution in [-0.4, -0.2) is 34.0 Å². The van der Waals surface area contributed by atoms with Crippen molar-refractivity contribution in [1.82, 2.24) is 20.2 Å². The first-order valence-corrected chi connectivity index (χ1v) is 5.48. The fourth-order valence-electron chi connectivity index (χ4n) is 1.39. The predicted octanol–water partition coefficient (Wildman–Crippen LogP) is 1.34. The van der Waals surface area contributed by atoms with Crippen LogP contribution in [0, 0.1) is 6.92 Å². The zero-order chi connectivity index (χ0) is 12.0. The molecule has 0 saturated carbocycles. The number of carbonyl (C=O) groups is 1. The van der Waals surface area contributed by atoms with Gasteiger partial charge in [-0.1, -0.05) is 0 Å². The molecule has 2 amide bonds. The van der Waals surface area contributed by atoms with Gasteiger partial charge >= 0.3 is 6.03 Å². The minimum absolute atomic E-state index is 0.0544. The number of aryl methyl sites for hydroxylation is 1. The second kappa shape index (κ2) is 6.05. The molecule has 1 aromatic rings. The van der Waals surface area contributed by atoms with Gasteiger partial charge in [0.1, 0.15) is 5.82 Å². The zero-order valence-corrected chi connectivity index (χ0v) is 10.0. The van der Waals surface area contributed by atoms with Gasteiger partial charge in [0.25, 0.3) is 0 Å². The largest absolute Gasteiger partial charge is 0.332 e. The molecule has 1 aromatic heterocycles. The fraction of sp³-hybridized carbons (Fsp3) is 0.545. The Morgan fingerprint density at radius 1 is 1.44 bits per heavy atom. The van der Waals surface area contributed by atoms with Crippen LogP contribution in [0.3, 0.4) is 0 Å². The quantitative estimate of drug-likeness (QED) is 0.836. The van der Waals surface area contributed by atoms with E-state index in [-0.39, 0.29) is 6.03 Å². The molecule has 1 heterocycles. The van der Waals surface area contributed by atoms with E-state index in [2.05, 4.69) is 15.3 Å². The Labute approximate surface area is 95.9 Å². The molecule has 0 aromatic carbocycles. The van der Waals surface area contributed by atoms with Gasteiger partial charge in [-0.15, -0.1) is 0 Å². The van der Waals surface area contributed by atoms with Gasteiger partial charge in [-0.3, -0.25) is 0 Å². The first kappa shape index (κ1) is 12.4. The van der Waals surface area contributed by atoms with Crippen LogP contribution in [0.1, 0.15) is 25.4 Å². The highest BCUT2D eigenvalue weighted by Gasteiger charge is 2.08. The Bertz CT molecular complexity index is 350. The van der Waals surface area contributed by atoms with E-state index < -0.39 is 0 Å². The van der Waals surface area contributed by atoms with Crippen LogP contribution in [0.15, 0.2) is 12.3 Å². The maximum Gasteiger partial charge on any atom is 0.317 e. The summed E-state index contributed by atoms with van der Waals surface area (Å²) in [6, 6.07) is 1.75. The normalized spacial score (nSPS) is 9.94. The van der Waals surface area contributed by atoms with Crippen LogP contribution in [0.2, 0.25) is 0 Å². The highest BCUT2D eigenvalue weighted by Crippen LogP contribution is 1.95. The van der Waals surface area contributed by atoms with E-state index in [1.807, 2.05) is 20.8 Å². The highest BCUT2D eigenvalue weighted by atomic mass is 16.2. The first-order chi connectivity index (χ1) is 7.67. The number of urea groups is 1. The topological polar surface area (TPSA) is 58.1 Å². The lowest BCUT2D eigenvalue weighted by molar-refractivity contribution is 0.202. The summed E-state index contributed by atoms with van der Waals surface area (Å²) in [5.74, 6) is 0.717. The Kier molecular flexibility index (Phi) is 4.69. The molecule has 16 heavy (non-hydrogen) atoms. The molecule has 0 saturated heterocycles. The van der Waals surface area contributed by atoms with Crippen LogP contribution in [0.5, 0.6) is 0 Å². The van der Waals surface area contributed by atoms with Gasteiger partial charge in [-0.25, -0.2) is 14.8 Å². The number of amides is 2. The van der Waals surface area contributed by atoms with Crippen LogP contribution >= 0.6 is 0 Å². The molecule has 5 nitrogen and oxygen atoms in total. The molecular weight excluding hydrogens is 204 g/mol. The molecule has 1 rings (SSSR count). The molecule has 0 bridgehead atoms. The second-order valence-electron chi connectivity index (χ2n) is 3.43. The summed E-state index contributed by atoms with van der Waals surface area (Å²) in [4.78, 5) is 21.6. The van der Waals surface area contributed by atoms with Gasteiger partial charge in [-0.05, 0) is 26.8 Å². The van der Waals surface area contributed by atoms with E-state index in [0.717, 1.165) is 11.5 Å². The Morgan fingerprint density at radius 3 is 2.69 bits per heavy atom. The Hall–Kier alpha value is -1.65. The number of hydrogen-bond donors (Lipinski definition) is 1. The molecule has 0 aliphatic heterocycles. The number of aromatic nitrogens is 2. The van der Waals surface area contributed by atoms with Gasteiger partial charge in [0.05, 0.1) is 12.2 Å². The summed E-state index contributed by atoms with van der Waals surface area (Å²) < 4.78 is 0. The summed E-state index contributed by atoms with van der Waals surface area (Å²) in [6.45, 7) is 7.61. The number of rotatable bonds is 4. The van der Waals surface area contributed by atoms with E-state index in [0.29, 0.717) is 19.6 Å². The van der Waals surface area contributed by atoms with Crippen LogP contribution in [0.4, 0.5) is 4.79 Å². The minimum atomic E-state index is -0.0544. The predicted molar refractivity (Wildman–Crippen MR) is 61.9 cm³/mol. The number of nitrogens with zero attached hydrogens (tertiary/aromatic N) is 3. The summed E-state index contributed by atoms with van der Waals surface area (Å²) in [5.41, 5.74) is 0.827. The van der Waals surface area contributed by atoms with Crippen molar-refractivity contribution < 1.29 is 4.79 Å². The fourth-order valence-corrected chi connectivity index (χ4v) is 1.39. The van der Waals surface area contributed by atoms with Crippen LogP contribution in [-0.2, 0) is 6.54 Å². The monoisotopic (exact) mass is 222 g/mol. The lowest BCUT2D eigenvalue weighted by atomic mass is 10.4. The third-order valence-corrected chi connectivity index (χ3v) is 2.31. The van der Waals surface area contributed by atoms with Gasteiger partial charge in [0.2, 0.25) is 0 Å². The van der Waals surface area contributed by atoms with Crippen molar-refractivity contribution in [3.05, 3.63) is 23.8 Å². The number of nitrogens with one attached hydrogen (secondary N) is 1. The van der Waals surface area contributed by atoms with E-state index in [1.54, 1.807) is 17.2 Å². The SMILES string of the molecule is CCN(CC)C(=O)NCc1ccnc(C)n1. The standard InChI is InChI=1S/C11H18N4O/c1-4-15(5-2)11(16)13-8-10-6-7-12-9(3)14-10/h6-7H,4-5,8H2,1-3H3,(H,13,16). The lowest BCUT2D eigenvalue weighted by Gasteiger charge is -2.18. The Balaban J connectivity index is 2.48. The molecule has 0 aliphatic rings. The average Bonchev–Trinajstić information content (AvgIpc) is 2.28. The molecular formula is C11H18N4O. The second-order valence-corrected chi connectivity index (χ2v) is 3.43. The first-order valence-electron chi connectivity index (χ1n) is 5.48. The summed E-state index contributed by atoms with van der Waals surface area (Å²) in [5, 5.41) is 2.82.